The van der Waals surface area contributed by atoms with Crippen LogP contribution in [0.4, 0.5) is 0 Å². The maximum atomic E-state index is 3.66. The molecule has 0 aliphatic carbocycles. The van der Waals surface area contributed by atoms with Gasteiger partial charge in [0.25, 0.3) is 0 Å². The molecule has 0 unspecified atom stereocenters. The quantitative estimate of drug-likeness (QED) is 0.462. The van der Waals surface area contributed by atoms with Crippen LogP contribution in [0.1, 0.15) is 33.6 Å². The zero-order chi connectivity index (χ0) is 7.82. The SMILES string of the molecule is CCCCN[SiH](CC)CC. The van der Waals surface area contributed by atoms with E-state index in [9.17, 15) is 0 Å². The van der Waals surface area contributed by atoms with Crippen LogP contribution in [0, 0.1) is 0 Å². The lowest BCUT2D eigenvalue weighted by molar-refractivity contribution is 0.757. The summed E-state index contributed by atoms with van der Waals surface area (Å²) in [6.07, 6.45) is 2.67. The van der Waals surface area contributed by atoms with E-state index in [2.05, 4.69) is 25.8 Å². The molecule has 0 bridgehead atoms. The summed E-state index contributed by atoms with van der Waals surface area (Å²) in [5, 5.41) is 0. The highest BCUT2D eigenvalue weighted by atomic mass is 28.3. The van der Waals surface area contributed by atoms with E-state index in [1.165, 1.54) is 31.5 Å². The van der Waals surface area contributed by atoms with Crippen LogP contribution in [-0.4, -0.2) is 15.5 Å². The van der Waals surface area contributed by atoms with Crippen LogP contribution in [0.15, 0.2) is 0 Å². The van der Waals surface area contributed by atoms with E-state index in [0.717, 1.165) is 0 Å². The first-order valence-electron chi connectivity index (χ1n) is 4.58. The van der Waals surface area contributed by atoms with Crippen molar-refractivity contribution in [3.05, 3.63) is 0 Å². The van der Waals surface area contributed by atoms with Gasteiger partial charge in [-0.3, -0.25) is 0 Å². The minimum atomic E-state index is -0.474. The van der Waals surface area contributed by atoms with Gasteiger partial charge < -0.3 is 4.98 Å². The van der Waals surface area contributed by atoms with E-state index in [4.69, 9.17) is 0 Å². The fraction of sp³-hybridized carbons (Fsp3) is 1.00. The summed E-state index contributed by atoms with van der Waals surface area (Å²) in [7, 11) is -0.474. The Morgan fingerprint density at radius 3 is 2.10 bits per heavy atom. The van der Waals surface area contributed by atoms with Crippen LogP contribution in [0.25, 0.3) is 0 Å². The maximum Gasteiger partial charge on any atom is 0.108 e. The van der Waals surface area contributed by atoms with Gasteiger partial charge in [0.2, 0.25) is 0 Å². The molecule has 0 spiro atoms. The summed E-state index contributed by atoms with van der Waals surface area (Å²) >= 11 is 0. The Morgan fingerprint density at radius 1 is 1.10 bits per heavy atom. The number of rotatable bonds is 6. The molecule has 0 heterocycles. The third-order valence-corrected chi connectivity index (χ3v) is 4.79. The Balaban J connectivity index is 3.09. The van der Waals surface area contributed by atoms with Crippen LogP contribution in [0.5, 0.6) is 0 Å². The Labute approximate surface area is 66.9 Å². The second-order valence-corrected chi connectivity index (χ2v) is 6.26. The minimum absolute atomic E-state index is 0.474. The maximum absolute atomic E-state index is 3.66. The molecule has 1 nitrogen and oxygen atoms in total. The van der Waals surface area contributed by atoms with Crippen molar-refractivity contribution < 1.29 is 0 Å². The molecule has 62 valence electrons. The highest BCUT2D eigenvalue weighted by molar-refractivity contribution is 6.55. The zero-order valence-corrected chi connectivity index (χ0v) is 8.77. The molecule has 0 atom stereocenters. The monoisotopic (exact) mass is 159 g/mol. The van der Waals surface area contributed by atoms with Crippen molar-refractivity contribution in [3.8, 4) is 0 Å². The van der Waals surface area contributed by atoms with E-state index in [1.807, 2.05) is 0 Å². The molecule has 0 aliphatic rings. The Hall–Kier alpha value is 0.177. The lowest BCUT2D eigenvalue weighted by Gasteiger charge is -2.11. The van der Waals surface area contributed by atoms with Crippen LogP contribution in [0.2, 0.25) is 12.1 Å². The molecule has 0 amide bonds. The fourth-order valence-corrected chi connectivity index (χ4v) is 2.83. The standard InChI is InChI=1S/C8H21NSi/c1-4-7-8-9-10(5-2)6-3/h9-10H,4-8H2,1-3H3. The van der Waals surface area contributed by atoms with Crippen LogP contribution in [0.3, 0.4) is 0 Å². The first-order chi connectivity index (χ1) is 4.85. The zero-order valence-electron chi connectivity index (χ0n) is 7.61. The van der Waals surface area contributed by atoms with Crippen molar-refractivity contribution in [3.63, 3.8) is 0 Å². The Kier molecular flexibility index (Phi) is 7.41. The molecule has 0 rings (SSSR count). The molecule has 0 aromatic heterocycles. The van der Waals surface area contributed by atoms with Crippen molar-refractivity contribution in [2.75, 3.05) is 6.54 Å². The minimum Gasteiger partial charge on any atom is -0.339 e. The Morgan fingerprint density at radius 2 is 1.70 bits per heavy atom. The van der Waals surface area contributed by atoms with Gasteiger partial charge in [0, 0.05) is 0 Å². The van der Waals surface area contributed by atoms with Gasteiger partial charge in [-0.15, -0.1) is 0 Å². The van der Waals surface area contributed by atoms with Crippen molar-refractivity contribution in [1.29, 1.82) is 0 Å². The van der Waals surface area contributed by atoms with Crippen LogP contribution < -0.4 is 4.98 Å². The molecule has 0 aliphatic heterocycles. The molecular weight excluding hydrogens is 138 g/mol. The number of hydrogen-bond donors (Lipinski definition) is 1. The molecule has 0 radical (unpaired) electrons. The van der Waals surface area contributed by atoms with Crippen LogP contribution in [-0.2, 0) is 0 Å². The van der Waals surface area contributed by atoms with Crippen molar-refractivity contribution in [2.45, 2.75) is 45.7 Å². The van der Waals surface area contributed by atoms with Gasteiger partial charge in [-0.25, -0.2) is 0 Å². The van der Waals surface area contributed by atoms with Gasteiger partial charge >= 0.3 is 0 Å². The number of hydrogen-bond acceptors (Lipinski definition) is 1. The number of unbranched alkanes of at least 4 members (excludes halogenated alkanes) is 1. The van der Waals surface area contributed by atoms with E-state index in [0.29, 0.717) is 0 Å². The molecule has 0 fully saturated rings. The first-order valence-corrected chi connectivity index (χ1v) is 6.79. The highest BCUT2D eigenvalue weighted by Crippen LogP contribution is 1.94. The van der Waals surface area contributed by atoms with Gasteiger partial charge in [0.1, 0.15) is 8.96 Å². The topological polar surface area (TPSA) is 12.0 Å². The van der Waals surface area contributed by atoms with Crippen LogP contribution >= 0.6 is 0 Å². The first kappa shape index (κ1) is 10.2. The predicted molar refractivity (Wildman–Crippen MR) is 51.0 cm³/mol. The van der Waals surface area contributed by atoms with E-state index < -0.39 is 8.96 Å². The smallest absolute Gasteiger partial charge is 0.108 e. The normalized spacial score (nSPS) is 10.8. The van der Waals surface area contributed by atoms with Crippen molar-refractivity contribution >= 4 is 8.96 Å². The molecular formula is C8H21NSi. The Bertz CT molecular complexity index is 62.3. The van der Waals surface area contributed by atoms with Gasteiger partial charge in [0.15, 0.2) is 0 Å². The molecule has 0 saturated carbocycles. The van der Waals surface area contributed by atoms with Gasteiger partial charge in [-0.05, 0) is 25.1 Å². The molecule has 1 N–H and O–H groups in total. The van der Waals surface area contributed by atoms with Gasteiger partial charge in [0.05, 0.1) is 0 Å². The average molecular weight is 159 g/mol. The number of nitrogens with one attached hydrogen (secondary N) is 1. The van der Waals surface area contributed by atoms with Gasteiger partial charge in [-0.2, -0.15) is 0 Å². The molecule has 0 aromatic rings. The molecule has 10 heavy (non-hydrogen) atoms. The summed E-state index contributed by atoms with van der Waals surface area (Å²) in [6.45, 7) is 8.11. The van der Waals surface area contributed by atoms with E-state index in [1.54, 1.807) is 0 Å². The summed E-state index contributed by atoms with van der Waals surface area (Å²) < 4.78 is 0. The third kappa shape index (κ3) is 5.00. The lowest BCUT2D eigenvalue weighted by atomic mass is 10.3. The second-order valence-electron chi connectivity index (χ2n) is 2.82. The fourth-order valence-electron chi connectivity index (χ4n) is 1.06. The largest absolute Gasteiger partial charge is 0.339 e. The van der Waals surface area contributed by atoms with Gasteiger partial charge in [-0.1, -0.05) is 27.2 Å². The molecule has 0 saturated heterocycles. The van der Waals surface area contributed by atoms with Crippen molar-refractivity contribution in [2.24, 2.45) is 0 Å². The summed E-state index contributed by atoms with van der Waals surface area (Å²) in [6, 6.07) is 2.81. The molecule has 0 aromatic carbocycles. The highest BCUT2D eigenvalue weighted by Gasteiger charge is 2.01. The summed E-state index contributed by atoms with van der Waals surface area (Å²) in [5.41, 5.74) is 0. The summed E-state index contributed by atoms with van der Waals surface area (Å²) in [4.78, 5) is 3.66. The van der Waals surface area contributed by atoms with Crippen molar-refractivity contribution in [1.82, 2.24) is 4.98 Å². The van der Waals surface area contributed by atoms with E-state index in [-0.39, 0.29) is 0 Å². The second kappa shape index (κ2) is 7.29. The molecule has 2 heteroatoms. The predicted octanol–water partition coefficient (Wildman–Crippen LogP) is 2.14. The van der Waals surface area contributed by atoms with E-state index >= 15 is 0 Å². The summed E-state index contributed by atoms with van der Waals surface area (Å²) in [5.74, 6) is 0. The lowest BCUT2D eigenvalue weighted by Crippen LogP contribution is -2.32. The average Bonchev–Trinajstić information content (AvgIpc) is 1.99. The third-order valence-electron chi connectivity index (χ3n) is 1.95.